The van der Waals surface area contributed by atoms with Crippen molar-refractivity contribution in [3.63, 3.8) is 0 Å². The number of benzene rings is 1. The van der Waals surface area contributed by atoms with Crippen molar-refractivity contribution in [2.24, 2.45) is 0 Å². The molecule has 0 heterocycles. The number of rotatable bonds is 0. The summed E-state index contributed by atoms with van der Waals surface area (Å²) in [5.41, 5.74) is 1.17. The van der Waals surface area contributed by atoms with Crippen LogP contribution in [0.4, 0.5) is 0 Å². The van der Waals surface area contributed by atoms with Crippen molar-refractivity contribution in [1.29, 1.82) is 0 Å². The maximum atomic E-state index is 4.94. The van der Waals surface area contributed by atoms with E-state index in [1.54, 1.807) is 0 Å². The first-order valence-corrected chi connectivity index (χ1v) is 6.74. The van der Waals surface area contributed by atoms with Gasteiger partial charge in [0.1, 0.15) is 0 Å². The van der Waals surface area contributed by atoms with E-state index in [1.165, 1.54) is 23.2 Å². The molecule has 0 N–H and O–H groups in total. The van der Waals surface area contributed by atoms with Gasteiger partial charge in [0, 0.05) is 0 Å². The number of hydrogen-bond acceptors (Lipinski definition) is 2. The Kier molecular flexibility index (Phi) is 10.3. The van der Waals surface area contributed by atoms with E-state index in [9.17, 15) is 0 Å². The molecule has 1 aromatic rings. The van der Waals surface area contributed by atoms with Crippen molar-refractivity contribution in [2.75, 3.05) is 0 Å². The van der Waals surface area contributed by atoms with Crippen molar-refractivity contribution in [3.8, 4) is 0 Å². The Labute approximate surface area is 99.8 Å². The van der Waals surface area contributed by atoms with Crippen LogP contribution in [0.15, 0.2) is 28.0 Å². The first kappa shape index (κ1) is 15.1. The van der Waals surface area contributed by atoms with Gasteiger partial charge in [-0.25, -0.2) is 0 Å². The third-order valence-corrected chi connectivity index (χ3v) is 1.92. The van der Waals surface area contributed by atoms with Crippen LogP contribution in [-0.4, -0.2) is 0 Å². The zero-order valence-corrected chi connectivity index (χ0v) is 11.7. The molecule has 0 unspecified atom stereocenters. The Morgan fingerprint density at radius 1 is 1.17 bits per heavy atom. The summed E-state index contributed by atoms with van der Waals surface area (Å²) < 4.78 is 0. The minimum absolute atomic E-state index is 0. The molecule has 0 saturated heterocycles. The van der Waals surface area contributed by atoms with Crippen LogP contribution in [0.25, 0.3) is 0 Å². The Balaban J connectivity index is 0. The molecule has 0 radical (unpaired) electrons. The number of hydrogen-bond donors (Lipinski definition) is 0. The van der Waals surface area contributed by atoms with Crippen molar-refractivity contribution in [1.82, 2.24) is 0 Å². The molecule has 0 bridgehead atoms. The van der Waals surface area contributed by atoms with E-state index < -0.39 is 0 Å². The monoisotopic (exact) mass is 396 g/mol. The van der Waals surface area contributed by atoms with E-state index in [4.69, 9.17) is 25.3 Å². The Morgan fingerprint density at radius 3 is 2.00 bits per heavy atom. The molecule has 1 aromatic carbocycles. The van der Waals surface area contributed by atoms with Crippen LogP contribution < -0.4 is 0 Å². The normalized spacial score (nSPS) is 7.58. The van der Waals surface area contributed by atoms with Gasteiger partial charge in [0.05, 0.1) is 0 Å². The van der Waals surface area contributed by atoms with E-state index >= 15 is 0 Å². The van der Waals surface area contributed by atoms with Gasteiger partial charge in [-0.3, -0.25) is 0 Å². The summed E-state index contributed by atoms with van der Waals surface area (Å²) in [7, 11) is 4.67. The number of aryl methyl sites for hydroxylation is 1. The third kappa shape index (κ3) is 5.27. The summed E-state index contributed by atoms with van der Waals surface area (Å²) in [6.07, 6.45) is 0. The average Bonchev–Trinajstić information content (AvgIpc) is 2.02. The van der Waals surface area contributed by atoms with Gasteiger partial charge >= 0.3 is 27.2 Å². The summed E-state index contributed by atoms with van der Waals surface area (Å²) in [5, 5.41) is 0. The standard InChI is InChI=1S/C7H8S2.CH3.ClH.Os/c1-5-2-3-6(8)7(9)4-5;;;/h2-4,8-9H,1H3;1H3;1H;/q;-1;;+1/p-3. The van der Waals surface area contributed by atoms with Gasteiger partial charge in [0.2, 0.25) is 0 Å². The van der Waals surface area contributed by atoms with Crippen molar-refractivity contribution < 1.29 is 17.6 Å². The summed E-state index contributed by atoms with van der Waals surface area (Å²) in [5.74, 6) is 0. The van der Waals surface area contributed by atoms with E-state index in [0.29, 0.717) is 0 Å². The van der Waals surface area contributed by atoms with Gasteiger partial charge in [0.25, 0.3) is 0 Å². The van der Waals surface area contributed by atoms with Gasteiger partial charge in [-0.15, -0.1) is 0 Å². The summed E-state index contributed by atoms with van der Waals surface area (Å²) in [6.45, 7) is 2.00. The van der Waals surface area contributed by atoms with Gasteiger partial charge in [0.15, 0.2) is 0 Å². The predicted molar refractivity (Wildman–Crippen MR) is 54.7 cm³/mol. The van der Waals surface area contributed by atoms with Crippen LogP contribution in [0.3, 0.4) is 0 Å². The fourth-order valence-electron chi connectivity index (χ4n) is 0.615. The zero-order valence-electron chi connectivity index (χ0n) is 6.78. The van der Waals surface area contributed by atoms with Gasteiger partial charge in [-0.1, -0.05) is 23.8 Å². The molecule has 0 aliphatic carbocycles. The first-order chi connectivity index (χ1) is 5.20. The fourth-order valence-corrected chi connectivity index (χ4v) is 0.996. The molecule has 0 spiro atoms. The molecular weight excluding hydrogens is 386 g/mol. The van der Waals surface area contributed by atoms with Crippen LogP contribution in [0, 0.1) is 14.4 Å². The second kappa shape index (κ2) is 8.20. The molecule has 0 aliphatic rings. The molecule has 0 saturated carbocycles. The molecular formula is C8H9ClOsS2-3. The van der Waals surface area contributed by atoms with Crippen LogP contribution in [0.2, 0.25) is 0 Å². The summed E-state index contributed by atoms with van der Waals surface area (Å²) >= 11 is 11.2. The van der Waals surface area contributed by atoms with E-state index in [1.807, 2.05) is 25.1 Å². The third-order valence-electron chi connectivity index (χ3n) is 1.10. The molecule has 4 heteroatoms. The Bertz CT molecular complexity index is 228. The van der Waals surface area contributed by atoms with Crippen molar-refractivity contribution in [3.05, 3.63) is 31.2 Å². The molecule has 12 heavy (non-hydrogen) atoms. The molecule has 0 aliphatic heterocycles. The van der Waals surface area contributed by atoms with E-state index in [0.717, 1.165) is 9.79 Å². The van der Waals surface area contributed by atoms with Crippen molar-refractivity contribution in [2.45, 2.75) is 16.7 Å². The van der Waals surface area contributed by atoms with E-state index in [2.05, 4.69) is 9.64 Å². The van der Waals surface area contributed by atoms with Gasteiger partial charge in [-0.05, 0) is 6.92 Å². The van der Waals surface area contributed by atoms with Crippen LogP contribution in [0.5, 0.6) is 0 Å². The maximum absolute atomic E-state index is 4.94. The molecule has 0 amide bonds. The fraction of sp³-hybridized carbons (Fsp3) is 0.125. The van der Waals surface area contributed by atoms with Crippen molar-refractivity contribution >= 4 is 34.9 Å². The van der Waals surface area contributed by atoms with E-state index in [-0.39, 0.29) is 7.43 Å². The SMILES string of the molecule is Cc1ccc([S-])c([S-])c1.[CH3-].[Cl][Os]. The summed E-state index contributed by atoms with van der Waals surface area (Å²) in [4.78, 5) is 1.56. The van der Waals surface area contributed by atoms with Gasteiger partial charge < -0.3 is 32.7 Å². The second-order valence-corrected chi connectivity index (χ2v) is 2.83. The average molecular weight is 395 g/mol. The topological polar surface area (TPSA) is 0 Å². The zero-order chi connectivity index (χ0) is 8.85. The predicted octanol–water partition coefficient (Wildman–Crippen LogP) is 2.94. The second-order valence-electron chi connectivity index (χ2n) is 1.95. The minimum atomic E-state index is 0. The molecule has 0 fully saturated rings. The van der Waals surface area contributed by atoms with Crippen LogP contribution in [0.1, 0.15) is 5.56 Å². The quantitative estimate of drug-likeness (QED) is 0.490. The Morgan fingerprint density at radius 2 is 1.67 bits per heavy atom. The number of halogens is 1. The van der Waals surface area contributed by atoms with Gasteiger partial charge in [-0.2, -0.15) is 9.79 Å². The Hall–Kier alpha value is 0.586. The first-order valence-electron chi connectivity index (χ1n) is 2.78. The molecule has 71 valence electrons. The van der Waals surface area contributed by atoms with Crippen LogP contribution >= 0.6 is 9.64 Å². The summed E-state index contributed by atoms with van der Waals surface area (Å²) in [6, 6.07) is 5.75. The molecule has 1 rings (SSSR count). The molecule has 0 aromatic heterocycles. The molecule has 0 atom stereocenters. The van der Waals surface area contributed by atoms with Crippen LogP contribution in [-0.2, 0) is 42.9 Å². The molecule has 0 nitrogen and oxygen atoms in total.